The molecule has 0 fully saturated rings. The number of aryl methyl sites for hydroxylation is 1. The summed E-state index contributed by atoms with van der Waals surface area (Å²) in [4.78, 5) is 3.56. The molecule has 0 saturated carbocycles. The Hall–Kier alpha value is -1.58. The maximum absolute atomic E-state index is 12.3. The molecule has 1 aromatic heterocycles. The van der Waals surface area contributed by atoms with Gasteiger partial charge in [0.1, 0.15) is 5.69 Å². The summed E-state index contributed by atoms with van der Waals surface area (Å²) in [6, 6.07) is 7.60. The summed E-state index contributed by atoms with van der Waals surface area (Å²) in [7, 11) is 0. The molecule has 1 nitrogen and oxygen atoms in total. The molecule has 15 heavy (non-hydrogen) atoms. The van der Waals surface area contributed by atoms with Crippen LogP contribution in [0.15, 0.2) is 30.3 Å². The number of hydrogen-bond donors (Lipinski definition) is 0. The van der Waals surface area contributed by atoms with E-state index < -0.39 is 11.9 Å². The zero-order valence-corrected chi connectivity index (χ0v) is 7.97. The number of aromatic nitrogens is 1. The monoisotopic (exact) mass is 211 g/mol. The van der Waals surface area contributed by atoms with Crippen molar-refractivity contribution < 1.29 is 13.2 Å². The fourth-order valence-electron chi connectivity index (χ4n) is 1.40. The van der Waals surface area contributed by atoms with Crippen molar-refractivity contribution in [2.45, 2.75) is 13.1 Å². The Kier molecular flexibility index (Phi) is 2.14. The summed E-state index contributed by atoms with van der Waals surface area (Å²) >= 11 is 0. The molecular weight excluding hydrogens is 203 g/mol. The smallest absolute Gasteiger partial charge is 0.243 e. The second-order valence-corrected chi connectivity index (χ2v) is 3.39. The topological polar surface area (TPSA) is 12.9 Å². The second kappa shape index (κ2) is 3.22. The highest BCUT2D eigenvalue weighted by atomic mass is 19.4. The number of rotatable bonds is 0. The number of benzene rings is 1. The molecule has 4 heteroatoms. The van der Waals surface area contributed by atoms with Crippen LogP contribution in [-0.2, 0) is 6.18 Å². The zero-order chi connectivity index (χ0) is 11.1. The van der Waals surface area contributed by atoms with Crippen molar-refractivity contribution in [3.8, 4) is 0 Å². The van der Waals surface area contributed by atoms with Crippen LogP contribution < -0.4 is 0 Å². The van der Waals surface area contributed by atoms with Crippen LogP contribution in [0.4, 0.5) is 13.2 Å². The summed E-state index contributed by atoms with van der Waals surface area (Å²) in [5.41, 5.74) is 0.526. The molecule has 1 aromatic carbocycles. The lowest BCUT2D eigenvalue weighted by atomic mass is 10.1. The third-order valence-corrected chi connectivity index (χ3v) is 2.14. The molecule has 0 amide bonds. The van der Waals surface area contributed by atoms with E-state index >= 15 is 0 Å². The Morgan fingerprint density at radius 3 is 2.47 bits per heavy atom. The summed E-state index contributed by atoms with van der Waals surface area (Å²) in [6.45, 7) is 1.89. The first-order valence-corrected chi connectivity index (χ1v) is 4.41. The molecule has 78 valence electrons. The Morgan fingerprint density at radius 1 is 1.07 bits per heavy atom. The van der Waals surface area contributed by atoms with Crippen molar-refractivity contribution >= 4 is 10.9 Å². The van der Waals surface area contributed by atoms with Gasteiger partial charge >= 0.3 is 6.18 Å². The summed E-state index contributed by atoms with van der Waals surface area (Å²) < 4.78 is 37.0. The quantitative estimate of drug-likeness (QED) is 0.649. The minimum atomic E-state index is -4.38. The highest BCUT2D eigenvalue weighted by molar-refractivity contribution is 5.79. The maximum atomic E-state index is 12.3. The fraction of sp³-hybridized carbons (Fsp3) is 0.182. The summed E-state index contributed by atoms with van der Waals surface area (Å²) in [6.07, 6.45) is -4.38. The van der Waals surface area contributed by atoms with E-state index in [1.165, 1.54) is 6.07 Å². The number of alkyl halides is 3. The third kappa shape index (κ3) is 1.93. The zero-order valence-electron chi connectivity index (χ0n) is 7.97. The molecule has 0 N–H and O–H groups in total. The average molecular weight is 211 g/mol. The van der Waals surface area contributed by atoms with Crippen LogP contribution in [0.5, 0.6) is 0 Å². The predicted molar refractivity (Wildman–Crippen MR) is 51.5 cm³/mol. The molecule has 2 aromatic rings. The Labute approximate surface area is 84.6 Å². The van der Waals surface area contributed by atoms with E-state index in [-0.39, 0.29) is 0 Å². The van der Waals surface area contributed by atoms with Crippen molar-refractivity contribution in [3.63, 3.8) is 0 Å². The Bertz CT molecular complexity index is 503. The van der Waals surface area contributed by atoms with Gasteiger partial charge in [0, 0.05) is 5.39 Å². The van der Waals surface area contributed by atoms with Gasteiger partial charge in [-0.2, -0.15) is 13.2 Å². The minimum absolute atomic E-state index is 0.371. The van der Waals surface area contributed by atoms with Gasteiger partial charge in [-0.05, 0) is 25.1 Å². The molecule has 2 rings (SSSR count). The van der Waals surface area contributed by atoms with Crippen LogP contribution in [0.2, 0.25) is 0 Å². The molecule has 0 atom stereocenters. The first-order chi connectivity index (χ1) is 6.97. The van der Waals surface area contributed by atoms with Crippen LogP contribution in [0, 0.1) is 6.92 Å². The molecule has 0 radical (unpaired) electrons. The van der Waals surface area contributed by atoms with Crippen LogP contribution in [0.25, 0.3) is 10.9 Å². The first kappa shape index (κ1) is 9.96. The van der Waals surface area contributed by atoms with Crippen LogP contribution in [0.3, 0.4) is 0 Å². The van der Waals surface area contributed by atoms with E-state index in [1.54, 1.807) is 12.1 Å². The first-order valence-electron chi connectivity index (χ1n) is 4.41. The Balaban J connectivity index is 2.62. The van der Waals surface area contributed by atoms with Crippen LogP contribution >= 0.6 is 0 Å². The second-order valence-electron chi connectivity index (χ2n) is 3.39. The highest BCUT2D eigenvalue weighted by Crippen LogP contribution is 2.28. The lowest BCUT2D eigenvalue weighted by molar-refractivity contribution is -0.140. The predicted octanol–water partition coefficient (Wildman–Crippen LogP) is 3.56. The largest absolute Gasteiger partial charge is 0.433 e. The molecule has 0 spiro atoms. The van der Waals surface area contributed by atoms with Gasteiger partial charge in [0.25, 0.3) is 0 Å². The lowest BCUT2D eigenvalue weighted by Crippen LogP contribution is -2.07. The normalized spacial score (nSPS) is 12.0. The van der Waals surface area contributed by atoms with Gasteiger partial charge in [-0.3, -0.25) is 0 Å². The number of halogens is 3. The maximum Gasteiger partial charge on any atom is 0.433 e. The van der Waals surface area contributed by atoms with E-state index in [4.69, 9.17) is 0 Å². The van der Waals surface area contributed by atoms with E-state index in [2.05, 4.69) is 4.98 Å². The van der Waals surface area contributed by atoms with Crippen molar-refractivity contribution in [1.29, 1.82) is 0 Å². The number of nitrogens with zero attached hydrogens (tertiary/aromatic N) is 1. The van der Waals surface area contributed by atoms with Gasteiger partial charge in [-0.25, -0.2) is 4.98 Å². The van der Waals surface area contributed by atoms with Gasteiger partial charge < -0.3 is 0 Å². The van der Waals surface area contributed by atoms with E-state index in [9.17, 15) is 13.2 Å². The van der Waals surface area contributed by atoms with Crippen molar-refractivity contribution in [3.05, 3.63) is 41.6 Å². The standard InChI is InChI=1S/C11H8F3N/c1-7-2-4-9-8(6-7)3-5-10(15-9)11(12,13)14/h2-6H,1H3. The SMILES string of the molecule is Cc1ccc2nc(C(F)(F)F)ccc2c1. The molecule has 0 aliphatic carbocycles. The summed E-state index contributed by atoms with van der Waals surface area (Å²) in [5.74, 6) is 0. The van der Waals surface area contributed by atoms with Gasteiger partial charge in [-0.1, -0.05) is 17.7 Å². The molecule has 0 saturated heterocycles. The van der Waals surface area contributed by atoms with Crippen LogP contribution in [0.1, 0.15) is 11.3 Å². The molecular formula is C11H8F3N. The van der Waals surface area contributed by atoms with E-state index in [1.807, 2.05) is 13.0 Å². The molecule has 0 aliphatic rings. The number of fused-ring (bicyclic) bond motifs is 1. The van der Waals surface area contributed by atoms with E-state index in [0.29, 0.717) is 5.52 Å². The highest BCUT2D eigenvalue weighted by Gasteiger charge is 2.32. The third-order valence-electron chi connectivity index (χ3n) is 2.14. The lowest BCUT2D eigenvalue weighted by Gasteiger charge is -2.06. The fourth-order valence-corrected chi connectivity index (χ4v) is 1.40. The molecule has 0 aliphatic heterocycles. The van der Waals surface area contributed by atoms with Crippen molar-refractivity contribution in [2.24, 2.45) is 0 Å². The number of hydrogen-bond acceptors (Lipinski definition) is 1. The van der Waals surface area contributed by atoms with Gasteiger partial charge in [0.2, 0.25) is 0 Å². The molecule has 0 unspecified atom stereocenters. The van der Waals surface area contributed by atoms with Gasteiger partial charge in [0.15, 0.2) is 0 Å². The van der Waals surface area contributed by atoms with Crippen molar-refractivity contribution in [2.75, 3.05) is 0 Å². The Morgan fingerprint density at radius 2 is 1.80 bits per heavy atom. The van der Waals surface area contributed by atoms with Gasteiger partial charge in [-0.15, -0.1) is 0 Å². The van der Waals surface area contributed by atoms with Gasteiger partial charge in [0.05, 0.1) is 5.52 Å². The number of pyridine rings is 1. The van der Waals surface area contributed by atoms with Crippen LogP contribution in [-0.4, -0.2) is 4.98 Å². The molecule has 0 bridgehead atoms. The van der Waals surface area contributed by atoms with Crippen molar-refractivity contribution in [1.82, 2.24) is 4.98 Å². The van der Waals surface area contributed by atoms with E-state index in [0.717, 1.165) is 17.0 Å². The minimum Gasteiger partial charge on any atom is -0.243 e. The average Bonchev–Trinajstić information content (AvgIpc) is 2.15. The molecule has 1 heterocycles. The summed E-state index contributed by atoms with van der Waals surface area (Å²) in [5, 5.41) is 0.725.